The number of aromatic nitrogens is 1. The van der Waals surface area contributed by atoms with E-state index in [4.69, 9.17) is 5.73 Å². The van der Waals surface area contributed by atoms with Crippen molar-refractivity contribution in [1.29, 1.82) is 0 Å². The van der Waals surface area contributed by atoms with E-state index < -0.39 is 35.0 Å². The molecular weight excluding hydrogens is 354 g/mol. The van der Waals surface area contributed by atoms with Crippen molar-refractivity contribution in [3.63, 3.8) is 0 Å². The van der Waals surface area contributed by atoms with Gasteiger partial charge in [-0.2, -0.15) is 26.3 Å². The number of anilines is 1. The summed E-state index contributed by atoms with van der Waals surface area (Å²) in [4.78, 5) is 15.2. The average Bonchev–Trinajstić information content (AvgIpc) is 2.52. The van der Waals surface area contributed by atoms with Crippen LogP contribution in [0.1, 0.15) is 21.5 Å². The van der Waals surface area contributed by atoms with Gasteiger partial charge in [-0.1, -0.05) is 0 Å². The lowest BCUT2D eigenvalue weighted by molar-refractivity contribution is -0.143. The van der Waals surface area contributed by atoms with Crippen molar-refractivity contribution >= 4 is 11.8 Å². The van der Waals surface area contributed by atoms with Crippen LogP contribution in [0.5, 0.6) is 0 Å². The number of halogens is 6. The third kappa shape index (κ3) is 4.01. The van der Waals surface area contributed by atoms with Gasteiger partial charge < -0.3 is 10.5 Å². The van der Waals surface area contributed by atoms with Crippen molar-refractivity contribution in [2.75, 3.05) is 12.8 Å². The fourth-order valence-electron chi connectivity index (χ4n) is 2.03. The van der Waals surface area contributed by atoms with Gasteiger partial charge in [0.1, 0.15) is 11.4 Å². The Bertz CT molecular complexity index is 782. The highest BCUT2D eigenvalue weighted by Crippen LogP contribution is 2.38. The summed E-state index contributed by atoms with van der Waals surface area (Å²) in [5.41, 5.74) is 1.68. The topological polar surface area (TPSA) is 65.2 Å². The second kappa shape index (κ2) is 6.26. The van der Waals surface area contributed by atoms with E-state index in [0.29, 0.717) is 12.1 Å². The predicted molar refractivity (Wildman–Crippen MR) is 75.4 cm³/mol. The van der Waals surface area contributed by atoms with Crippen LogP contribution in [-0.2, 0) is 17.1 Å². The van der Waals surface area contributed by atoms with Gasteiger partial charge >= 0.3 is 18.3 Å². The Labute approximate surface area is 137 Å². The van der Waals surface area contributed by atoms with Gasteiger partial charge in [-0.15, -0.1) is 0 Å². The van der Waals surface area contributed by atoms with E-state index in [2.05, 4.69) is 9.72 Å². The molecule has 0 unspecified atom stereocenters. The Balaban J connectivity index is 2.68. The van der Waals surface area contributed by atoms with Crippen LogP contribution >= 0.6 is 0 Å². The van der Waals surface area contributed by atoms with Crippen LogP contribution in [0.4, 0.5) is 32.2 Å². The van der Waals surface area contributed by atoms with Gasteiger partial charge in [-0.3, -0.25) is 0 Å². The molecule has 0 atom stereocenters. The number of carbonyl (C=O) groups excluding carboxylic acids is 1. The number of pyridine rings is 1. The molecule has 2 aromatic rings. The Morgan fingerprint density at radius 2 is 1.48 bits per heavy atom. The molecule has 4 nitrogen and oxygen atoms in total. The van der Waals surface area contributed by atoms with Gasteiger partial charge in [-0.05, 0) is 29.8 Å². The summed E-state index contributed by atoms with van der Waals surface area (Å²) in [6.07, 6.45) is -9.00. The predicted octanol–water partition coefficient (Wildman–Crippen LogP) is 4.16. The summed E-state index contributed by atoms with van der Waals surface area (Å²) in [7, 11) is 1.04. The SMILES string of the molecule is COC(=O)c1cc(-c2cc(C(F)(F)F)cc(C(F)(F)F)c2)cnc1N. The van der Waals surface area contributed by atoms with Gasteiger partial charge in [0.25, 0.3) is 0 Å². The zero-order chi connectivity index (χ0) is 19.0. The minimum atomic E-state index is -4.98. The molecule has 0 fully saturated rings. The highest BCUT2D eigenvalue weighted by atomic mass is 19.4. The molecule has 0 aliphatic carbocycles. The number of carbonyl (C=O) groups is 1. The number of nitrogens with two attached hydrogens (primary N) is 1. The molecule has 0 saturated carbocycles. The summed E-state index contributed by atoms with van der Waals surface area (Å²) in [5.74, 6) is -1.19. The van der Waals surface area contributed by atoms with Crippen molar-refractivity contribution < 1.29 is 35.9 Å². The molecule has 0 bridgehead atoms. The Hall–Kier alpha value is -2.78. The highest BCUT2D eigenvalue weighted by molar-refractivity contribution is 5.95. The van der Waals surface area contributed by atoms with Crippen LogP contribution < -0.4 is 5.73 Å². The second-order valence-electron chi connectivity index (χ2n) is 4.94. The van der Waals surface area contributed by atoms with Crippen molar-refractivity contribution in [2.45, 2.75) is 12.4 Å². The number of esters is 1. The fourth-order valence-corrected chi connectivity index (χ4v) is 2.03. The Morgan fingerprint density at radius 1 is 0.960 bits per heavy atom. The normalized spacial score (nSPS) is 12.1. The smallest absolute Gasteiger partial charge is 0.416 e. The van der Waals surface area contributed by atoms with Crippen molar-refractivity contribution in [1.82, 2.24) is 4.98 Å². The van der Waals surface area contributed by atoms with Gasteiger partial charge in [0.05, 0.1) is 18.2 Å². The molecule has 0 radical (unpaired) electrons. The lowest BCUT2D eigenvalue weighted by Gasteiger charge is -2.14. The monoisotopic (exact) mass is 364 g/mol. The minimum absolute atomic E-state index is 0.00937. The molecule has 0 aliphatic heterocycles. The fraction of sp³-hybridized carbons (Fsp3) is 0.200. The van der Waals surface area contributed by atoms with E-state index in [1.807, 2.05) is 0 Å². The second-order valence-corrected chi connectivity index (χ2v) is 4.94. The van der Waals surface area contributed by atoms with E-state index in [1.54, 1.807) is 0 Å². The van der Waals surface area contributed by atoms with Gasteiger partial charge in [0.15, 0.2) is 0 Å². The maximum absolute atomic E-state index is 12.9. The molecule has 2 N–H and O–H groups in total. The van der Waals surface area contributed by atoms with Crippen LogP contribution in [0.15, 0.2) is 30.5 Å². The first-order chi connectivity index (χ1) is 11.4. The molecule has 25 heavy (non-hydrogen) atoms. The van der Waals surface area contributed by atoms with Crippen molar-refractivity contribution in [2.24, 2.45) is 0 Å². The van der Waals surface area contributed by atoms with E-state index in [0.717, 1.165) is 19.4 Å². The summed E-state index contributed by atoms with van der Waals surface area (Å²) < 4.78 is 81.9. The Morgan fingerprint density at radius 3 is 1.92 bits per heavy atom. The first kappa shape index (κ1) is 18.6. The van der Waals surface area contributed by atoms with E-state index >= 15 is 0 Å². The van der Waals surface area contributed by atoms with E-state index in [9.17, 15) is 31.1 Å². The van der Waals surface area contributed by atoms with Gasteiger partial charge in [0.2, 0.25) is 0 Å². The molecule has 134 valence electrons. The molecule has 0 saturated heterocycles. The number of nitrogen functional groups attached to an aromatic ring is 1. The lowest BCUT2D eigenvalue weighted by atomic mass is 9.99. The molecule has 0 amide bonds. The number of hydrogen-bond acceptors (Lipinski definition) is 4. The first-order valence-electron chi connectivity index (χ1n) is 6.57. The number of nitrogens with zero attached hydrogens (tertiary/aromatic N) is 1. The maximum atomic E-state index is 12.9. The van der Waals surface area contributed by atoms with Crippen LogP contribution in [-0.4, -0.2) is 18.1 Å². The summed E-state index contributed by atoms with van der Waals surface area (Å²) in [5, 5.41) is 0. The van der Waals surface area contributed by atoms with Crippen molar-refractivity contribution in [3.05, 3.63) is 47.2 Å². The molecule has 10 heteroatoms. The third-order valence-electron chi connectivity index (χ3n) is 3.24. The molecular formula is C15H10F6N2O2. The Kier molecular flexibility index (Phi) is 4.65. The number of benzene rings is 1. The van der Waals surface area contributed by atoms with Crippen molar-refractivity contribution in [3.8, 4) is 11.1 Å². The number of hydrogen-bond donors (Lipinski definition) is 1. The summed E-state index contributed by atoms with van der Waals surface area (Å²) in [6.45, 7) is 0. The minimum Gasteiger partial charge on any atom is -0.465 e. The van der Waals surface area contributed by atoms with Crippen LogP contribution in [0.25, 0.3) is 11.1 Å². The van der Waals surface area contributed by atoms with E-state index in [1.165, 1.54) is 0 Å². The molecule has 1 aromatic heterocycles. The van der Waals surface area contributed by atoms with Crippen LogP contribution in [0.3, 0.4) is 0 Å². The summed E-state index contributed by atoms with van der Waals surface area (Å²) in [6, 6.07) is 2.09. The molecule has 0 spiro atoms. The number of methoxy groups -OCH3 is 1. The molecule has 2 rings (SSSR count). The average molecular weight is 364 g/mol. The van der Waals surface area contributed by atoms with E-state index in [-0.39, 0.29) is 23.0 Å². The zero-order valence-electron chi connectivity index (χ0n) is 12.5. The molecule has 1 aromatic carbocycles. The highest BCUT2D eigenvalue weighted by Gasteiger charge is 2.37. The number of alkyl halides is 6. The first-order valence-corrected chi connectivity index (χ1v) is 6.57. The van der Waals surface area contributed by atoms with Gasteiger partial charge in [0, 0.05) is 11.8 Å². The standard InChI is InChI=1S/C15H10F6N2O2/c1-25-13(24)11-4-8(6-23-12(11)22)7-2-9(14(16,17)18)5-10(3-7)15(19,20)21/h2-6H,1H3,(H2,22,23). The largest absolute Gasteiger partial charge is 0.465 e. The van der Waals surface area contributed by atoms with Crippen LogP contribution in [0, 0.1) is 0 Å². The summed E-state index contributed by atoms with van der Waals surface area (Å²) >= 11 is 0. The van der Waals surface area contributed by atoms with Gasteiger partial charge in [-0.25, -0.2) is 9.78 Å². The quantitative estimate of drug-likeness (QED) is 0.642. The lowest BCUT2D eigenvalue weighted by Crippen LogP contribution is -2.11. The maximum Gasteiger partial charge on any atom is 0.416 e. The number of ether oxygens (including phenoxy) is 1. The molecule has 1 heterocycles. The third-order valence-corrected chi connectivity index (χ3v) is 3.24. The molecule has 0 aliphatic rings. The van der Waals surface area contributed by atoms with Crippen LogP contribution in [0.2, 0.25) is 0 Å². The zero-order valence-corrected chi connectivity index (χ0v) is 12.5. The number of rotatable bonds is 2.